The van der Waals surface area contributed by atoms with Gasteiger partial charge in [0.15, 0.2) is 0 Å². The third kappa shape index (κ3) is 4.33. The zero-order valence-electron chi connectivity index (χ0n) is 17.3. The fourth-order valence-electron chi connectivity index (χ4n) is 3.75. The van der Waals surface area contributed by atoms with Gasteiger partial charge in [-0.2, -0.15) is 0 Å². The highest BCUT2D eigenvalue weighted by molar-refractivity contribution is 5.96. The molecule has 1 fully saturated rings. The van der Waals surface area contributed by atoms with E-state index in [0.29, 0.717) is 12.2 Å². The van der Waals surface area contributed by atoms with Crippen LogP contribution in [-0.4, -0.2) is 51.3 Å². The number of fused-ring (bicyclic) bond motifs is 1. The fourth-order valence-corrected chi connectivity index (χ4v) is 3.75. The number of amides is 2. The normalized spacial score (nSPS) is 15.3. The molecule has 1 saturated heterocycles. The largest absolute Gasteiger partial charge is 0.325 e. The van der Waals surface area contributed by atoms with Crippen molar-refractivity contribution < 1.29 is 9.59 Å². The van der Waals surface area contributed by atoms with E-state index in [0.717, 1.165) is 48.2 Å². The van der Waals surface area contributed by atoms with Gasteiger partial charge < -0.3 is 10.6 Å². The van der Waals surface area contributed by atoms with Crippen LogP contribution in [0, 0.1) is 6.92 Å². The number of aromatic nitrogens is 3. The Morgan fingerprint density at radius 2 is 1.87 bits per heavy atom. The van der Waals surface area contributed by atoms with Crippen molar-refractivity contribution in [2.75, 3.05) is 30.3 Å². The van der Waals surface area contributed by atoms with E-state index in [2.05, 4.69) is 25.8 Å². The van der Waals surface area contributed by atoms with Crippen molar-refractivity contribution in [3.05, 3.63) is 48.0 Å². The minimum atomic E-state index is -0.516. The SMILES string of the molecule is Cc1cc(NC(=O)C(C)n2nnc3ccccc32)ccc1NC(=O)CN1CCCC1. The molecule has 0 spiro atoms. The molecule has 8 nitrogen and oxygen atoms in total. The van der Waals surface area contributed by atoms with Crippen LogP contribution in [-0.2, 0) is 9.59 Å². The molecule has 0 radical (unpaired) electrons. The molecule has 1 atom stereocenters. The Kier molecular flexibility index (Phi) is 5.76. The van der Waals surface area contributed by atoms with Crippen LogP contribution in [0.2, 0.25) is 0 Å². The smallest absolute Gasteiger partial charge is 0.249 e. The van der Waals surface area contributed by atoms with Crippen LogP contribution in [0.4, 0.5) is 11.4 Å². The monoisotopic (exact) mass is 406 g/mol. The minimum absolute atomic E-state index is 0.0107. The van der Waals surface area contributed by atoms with E-state index in [-0.39, 0.29) is 11.8 Å². The molecule has 1 unspecified atom stereocenters. The van der Waals surface area contributed by atoms with Gasteiger partial charge in [-0.15, -0.1) is 5.10 Å². The summed E-state index contributed by atoms with van der Waals surface area (Å²) < 4.78 is 1.62. The van der Waals surface area contributed by atoms with Crippen molar-refractivity contribution in [2.45, 2.75) is 32.7 Å². The minimum Gasteiger partial charge on any atom is -0.325 e. The Bertz CT molecular complexity index is 1070. The third-order valence-electron chi connectivity index (χ3n) is 5.46. The number of rotatable bonds is 6. The van der Waals surface area contributed by atoms with E-state index in [1.165, 1.54) is 0 Å². The number of likely N-dealkylation sites (tertiary alicyclic amines) is 1. The van der Waals surface area contributed by atoms with Gasteiger partial charge in [-0.1, -0.05) is 17.3 Å². The molecule has 2 N–H and O–H groups in total. The Balaban J connectivity index is 1.40. The topological polar surface area (TPSA) is 92.1 Å². The van der Waals surface area contributed by atoms with E-state index < -0.39 is 6.04 Å². The summed E-state index contributed by atoms with van der Waals surface area (Å²) in [6.07, 6.45) is 2.31. The van der Waals surface area contributed by atoms with Gasteiger partial charge in [0.1, 0.15) is 11.6 Å². The molecule has 0 saturated carbocycles. The number of hydrogen-bond donors (Lipinski definition) is 2. The Labute approximate surface area is 175 Å². The average Bonchev–Trinajstić information content (AvgIpc) is 3.39. The van der Waals surface area contributed by atoms with Crippen LogP contribution >= 0.6 is 0 Å². The van der Waals surface area contributed by atoms with Crippen LogP contribution < -0.4 is 10.6 Å². The molecule has 2 aromatic carbocycles. The second kappa shape index (κ2) is 8.62. The standard InChI is InChI=1S/C22H26N6O2/c1-15-13-17(9-10-18(15)24-21(29)14-27-11-5-6-12-27)23-22(30)16(2)28-20-8-4-3-7-19(20)25-26-28/h3-4,7-10,13,16H,5-6,11-12,14H2,1-2H3,(H,23,30)(H,24,29). The fraction of sp³-hybridized carbons (Fsp3) is 0.364. The summed E-state index contributed by atoms with van der Waals surface area (Å²) in [4.78, 5) is 27.2. The number of hydrogen-bond acceptors (Lipinski definition) is 5. The van der Waals surface area contributed by atoms with E-state index in [1.807, 2.05) is 43.3 Å². The van der Waals surface area contributed by atoms with Crippen LogP contribution in [0.1, 0.15) is 31.4 Å². The first-order chi connectivity index (χ1) is 14.5. The van der Waals surface area contributed by atoms with Gasteiger partial charge in [-0.3, -0.25) is 14.5 Å². The van der Waals surface area contributed by atoms with Gasteiger partial charge in [-0.25, -0.2) is 4.68 Å². The number of carbonyl (C=O) groups excluding carboxylic acids is 2. The van der Waals surface area contributed by atoms with Crippen LogP contribution in [0.5, 0.6) is 0 Å². The van der Waals surface area contributed by atoms with E-state index in [1.54, 1.807) is 17.7 Å². The molecule has 156 valence electrons. The molecule has 3 aromatic rings. The highest BCUT2D eigenvalue weighted by Crippen LogP contribution is 2.22. The molecule has 2 amide bonds. The van der Waals surface area contributed by atoms with Crippen molar-refractivity contribution in [3.8, 4) is 0 Å². The second-order valence-corrected chi connectivity index (χ2v) is 7.75. The highest BCUT2D eigenvalue weighted by atomic mass is 16.2. The summed E-state index contributed by atoms with van der Waals surface area (Å²) in [6.45, 7) is 6.08. The molecular weight excluding hydrogens is 380 g/mol. The van der Waals surface area contributed by atoms with E-state index >= 15 is 0 Å². The molecule has 1 aromatic heterocycles. The molecule has 30 heavy (non-hydrogen) atoms. The summed E-state index contributed by atoms with van der Waals surface area (Å²) in [5.41, 5.74) is 3.88. The molecule has 8 heteroatoms. The average molecular weight is 406 g/mol. The van der Waals surface area contributed by atoms with Crippen LogP contribution in [0.25, 0.3) is 11.0 Å². The molecule has 0 aliphatic carbocycles. The Morgan fingerprint density at radius 3 is 2.63 bits per heavy atom. The van der Waals surface area contributed by atoms with Crippen molar-refractivity contribution in [1.29, 1.82) is 0 Å². The van der Waals surface area contributed by atoms with Gasteiger partial charge in [0.25, 0.3) is 0 Å². The van der Waals surface area contributed by atoms with Crippen molar-refractivity contribution in [2.24, 2.45) is 0 Å². The number of nitrogens with one attached hydrogen (secondary N) is 2. The van der Waals surface area contributed by atoms with E-state index in [4.69, 9.17) is 0 Å². The number of anilines is 2. The maximum Gasteiger partial charge on any atom is 0.249 e. The highest BCUT2D eigenvalue weighted by Gasteiger charge is 2.19. The number of nitrogens with zero attached hydrogens (tertiary/aromatic N) is 4. The molecule has 4 rings (SSSR count). The number of benzene rings is 2. The van der Waals surface area contributed by atoms with Gasteiger partial charge in [-0.05, 0) is 75.7 Å². The number of aryl methyl sites for hydroxylation is 1. The predicted octanol–water partition coefficient (Wildman–Crippen LogP) is 2.97. The van der Waals surface area contributed by atoms with Gasteiger partial charge >= 0.3 is 0 Å². The maximum absolute atomic E-state index is 12.7. The maximum atomic E-state index is 12.7. The summed E-state index contributed by atoms with van der Waals surface area (Å²) in [5, 5.41) is 14.1. The molecular formula is C22H26N6O2. The van der Waals surface area contributed by atoms with Gasteiger partial charge in [0, 0.05) is 11.4 Å². The quantitative estimate of drug-likeness (QED) is 0.657. The summed E-state index contributed by atoms with van der Waals surface area (Å²) in [6, 6.07) is 12.5. The first-order valence-electron chi connectivity index (χ1n) is 10.2. The Hall–Kier alpha value is -3.26. The van der Waals surface area contributed by atoms with Crippen molar-refractivity contribution in [1.82, 2.24) is 19.9 Å². The van der Waals surface area contributed by atoms with E-state index in [9.17, 15) is 9.59 Å². The number of para-hydroxylation sites is 1. The molecule has 1 aliphatic heterocycles. The molecule has 0 bridgehead atoms. The summed E-state index contributed by atoms with van der Waals surface area (Å²) in [5.74, 6) is -0.195. The van der Waals surface area contributed by atoms with Gasteiger partial charge in [0.2, 0.25) is 11.8 Å². The van der Waals surface area contributed by atoms with Crippen LogP contribution in [0.3, 0.4) is 0 Å². The first kappa shape index (κ1) is 20.0. The van der Waals surface area contributed by atoms with Crippen molar-refractivity contribution >= 4 is 34.2 Å². The lowest BCUT2D eigenvalue weighted by atomic mass is 10.1. The third-order valence-corrected chi connectivity index (χ3v) is 5.46. The zero-order valence-corrected chi connectivity index (χ0v) is 17.3. The summed E-state index contributed by atoms with van der Waals surface area (Å²) >= 11 is 0. The molecule has 1 aliphatic rings. The first-order valence-corrected chi connectivity index (χ1v) is 10.2. The van der Waals surface area contributed by atoms with Crippen molar-refractivity contribution in [3.63, 3.8) is 0 Å². The second-order valence-electron chi connectivity index (χ2n) is 7.75. The zero-order chi connectivity index (χ0) is 21.1. The number of carbonyl (C=O) groups is 2. The Morgan fingerprint density at radius 1 is 1.10 bits per heavy atom. The molecule has 2 heterocycles. The predicted molar refractivity (Wildman–Crippen MR) is 116 cm³/mol. The lowest BCUT2D eigenvalue weighted by molar-refractivity contribution is -0.119. The van der Waals surface area contributed by atoms with Gasteiger partial charge in [0.05, 0.1) is 12.1 Å². The van der Waals surface area contributed by atoms with Crippen LogP contribution in [0.15, 0.2) is 42.5 Å². The summed E-state index contributed by atoms with van der Waals surface area (Å²) in [7, 11) is 0. The lowest BCUT2D eigenvalue weighted by Gasteiger charge is -2.16. The lowest BCUT2D eigenvalue weighted by Crippen LogP contribution is -2.31.